The van der Waals surface area contributed by atoms with E-state index >= 15 is 0 Å². The molecule has 2 unspecified atom stereocenters. The standard InChI is InChI=1S/C11H16O3S/c1-14-6-8-2-4-9(5-3-8)11(13)10(12)7-15/h2-5,10-13,15H,6-7H2,1H3. The average Bonchev–Trinajstić information content (AvgIpc) is 2.28. The molecule has 0 aliphatic carbocycles. The van der Waals surface area contributed by atoms with Crippen molar-refractivity contribution in [2.75, 3.05) is 12.9 Å². The van der Waals surface area contributed by atoms with E-state index in [0.717, 1.165) is 5.56 Å². The molecule has 3 nitrogen and oxygen atoms in total. The molecule has 0 saturated heterocycles. The molecule has 2 N–H and O–H groups in total. The van der Waals surface area contributed by atoms with Gasteiger partial charge in [-0.3, -0.25) is 0 Å². The molecule has 4 heteroatoms. The molecule has 1 rings (SSSR count). The molecule has 0 fully saturated rings. The first kappa shape index (κ1) is 12.5. The molecule has 0 amide bonds. The van der Waals surface area contributed by atoms with Crippen molar-refractivity contribution in [3.63, 3.8) is 0 Å². The first-order chi connectivity index (χ1) is 7.19. The van der Waals surface area contributed by atoms with Crippen molar-refractivity contribution in [3.8, 4) is 0 Å². The summed E-state index contributed by atoms with van der Waals surface area (Å²) < 4.78 is 4.97. The Hall–Kier alpha value is -0.550. The number of hydrogen-bond donors (Lipinski definition) is 3. The van der Waals surface area contributed by atoms with Crippen LogP contribution in [0.2, 0.25) is 0 Å². The topological polar surface area (TPSA) is 49.7 Å². The van der Waals surface area contributed by atoms with Gasteiger partial charge in [0.2, 0.25) is 0 Å². The summed E-state index contributed by atoms with van der Waals surface area (Å²) in [5.74, 6) is 0.237. The maximum absolute atomic E-state index is 9.68. The predicted octanol–water partition coefficient (Wildman–Crippen LogP) is 1.16. The SMILES string of the molecule is COCc1ccc(C(O)C(O)CS)cc1. The summed E-state index contributed by atoms with van der Waals surface area (Å²) in [5.41, 5.74) is 1.73. The van der Waals surface area contributed by atoms with Gasteiger partial charge in [0.1, 0.15) is 6.10 Å². The summed E-state index contributed by atoms with van der Waals surface area (Å²) in [4.78, 5) is 0. The van der Waals surface area contributed by atoms with Crippen molar-refractivity contribution in [3.05, 3.63) is 35.4 Å². The number of aliphatic hydroxyl groups is 2. The van der Waals surface area contributed by atoms with Gasteiger partial charge in [0, 0.05) is 12.9 Å². The molecule has 0 saturated carbocycles. The molecular weight excluding hydrogens is 212 g/mol. The van der Waals surface area contributed by atoms with E-state index in [4.69, 9.17) is 4.74 Å². The van der Waals surface area contributed by atoms with Crippen LogP contribution in [0.15, 0.2) is 24.3 Å². The van der Waals surface area contributed by atoms with Crippen LogP contribution in [-0.2, 0) is 11.3 Å². The number of aliphatic hydroxyl groups excluding tert-OH is 2. The number of hydrogen-bond acceptors (Lipinski definition) is 4. The Labute approximate surface area is 95.1 Å². The summed E-state index contributed by atoms with van der Waals surface area (Å²) in [5, 5.41) is 19.1. The van der Waals surface area contributed by atoms with E-state index in [1.165, 1.54) is 0 Å². The van der Waals surface area contributed by atoms with Gasteiger partial charge in [-0.25, -0.2) is 0 Å². The Morgan fingerprint density at radius 3 is 2.33 bits per heavy atom. The van der Waals surface area contributed by atoms with Crippen LogP contribution in [-0.4, -0.2) is 29.2 Å². The minimum Gasteiger partial charge on any atom is -0.389 e. The highest BCUT2D eigenvalue weighted by Gasteiger charge is 2.16. The van der Waals surface area contributed by atoms with E-state index in [1.807, 2.05) is 12.1 Å². The molecule has 0 radical (unpaired) electrons. The van der Waals surface area contributed by atoms with E-state index in [-0.39, 0.29) is 5.75 Å². The zero-order valence-corrected chi connectivity index (χ0v) is 9.52. The van der Waals surface area contributed by atoms with Crippen molar-refractivity contribution in [1.82, 2.24) is 0 Å². The van der Waals surface area contributed by atoms with Crippen molar-refractivity contribution in [2.45, 2.75) is 18.8 Å². The average molecular weight is 228 g/mol. The molecule has 0 aromatic heterocycles. The number of methoxy groups -OCH3 is 1. The highest BCUT2D eigenvalue weighted by Crippen LogP contribution is 2.18. The molecule has 0 heterocycles. The lowest BCUT2D eigenvalue weighted by molar-refractivity contribution is 0.0337. The Morgan fingerprint density at radius 2 is 1.87 bits per heavy atom. The van der Waals surface area contributed by atoms with Gasteiger partial charge in [-0.2, -0.15) is 12.6 Å². The third-order valence-corrected chi connectivity index (χ3v) is 2.56. The number of rotatable bonds is 5. The highest BCUT2D eigenvalue weighted by molar-refractivity contribution is 7.80. The van der Waals surface area contributed by atoms with Gasteiger partial charge in [0.15, 0.2) is 0 Å². The quantitative estimate of drug-likeness (QED) is 0.663. The molecule has 2 atom stereocenters. The zero-order chi connectivity index (χ0) is 11.3. The Kier molecular flexibility index (Phi) is 5.11. The maximum Gasteiger partial charge on any atom is 0.106 e. The third-order valence-electron chi connectivity index (χ3n) is 2.18. The molecule has 0 spiro atoms. The van der Waals surface area contributed by atoms with Crippen LogP contribution >= 0.6 is 12.6 Å². The second kappa shape index (κ2) is 6.12. The molecule has 1 aromatic carbocycles. The van der Waals surface area contributed by atoms with Crippen LogP contribution in [0.1, 0.15) is 17.2 Å². The fourth-order valence-electron chi connectivity index (χ4n) is 1.30. The monoisotopic (exact) mass is 228 g/mol. The van der Waals surface area contributed by atoms with E-state index in [0.29, 0.717) is 12.2 Å². The Balaban J connectivity index is 2.70. The zero-order valence-electron chi connectivity index (χ0n) is 8.63. The van der Waals surface area contributed by atoms with Crippen molar-refractivity contribution in [1.29, 1.82) is 0 Å². The van der Waals surface area contributed by atoms with Crippen molar-refractivity contribution < 1.29 is 14.9 Å². The fraction of sp³-hybridized carbons (Fsp3) is 0.455. The number of ether oxygens (including phenoxy) is 1. The molecule has 1 aromatic rings. The van der Waals surface area contributed by atoms with Crippen LogP contribution in [0.3, 0.4) is 0 Å². The second-order valence-corrected chi connectivity index (χ2v) is 3.73. The number of thiol groups is 1. The van der Waals surface area contributed by atoms with E-state index in [1.54, 1.807) is 19.2 Å². The molecule has 0 bridgehead atoms. The van der Waals surface area contributed by atoms with Crippen LogP contribution in [0.25, 0.3) is 0 Å². The molecule has 84 valence electrons. The smallest absolute Gasteiger partial charge is 0.106 e. The van der Waals surface area contributed by atoms with Gasteiger partial charge >= 0.3 is 0 Å². The Morgan fingerprint density at radius 1 is 1.27 bits per heavy atom. The van der Waals surface area contributed by atoms with E-state index in [9.17, 15) is 10.2 Å². The van der Waals surface area contributed by atoms with E-state index in [2.05, 4.69) is 12.6 Å². The fourth-order valence-corrected chi connectivity index (χ4v) is 1.50. The summed E-state index contributed by atoms with van der Waals surface area (Å²) in [7, 11) is 1.63. The van der Waals surface area contributed by atoms with Crippen LogP contribution in [0.5, 0.6) is 0 Å². The number of benzene rings is 1. The third kappa shape index (κ3) is 3.50. The summed E-state index contributed by atoms with van der Waals surface area (Å²) in [6.45, 7) is 0.547. The van der Waals surface area contributed by atoms with Crippen LogP contribution in [0, 0.1) is 0 Å². The van der Waals surface area contributed by atoms with Crippen molar-refractivity contribution in [2.24, 2.45) is 0 Å². The minimum absolute atomic E-state index is 0.237. The van der Waals surface area contributed by atoms with E-state index < -0.39 is 12.2 Å². The van der Waals surface area contributed by atoms with Crippen LogP contribution < -0.4 is 0 Å². The predicted molar refractivity (Wildman–Crippen MR) is 62.0 cm³/mol. The summed E-state index contributed by atoms with van der Waals surface area (Å²) in [6, 6.07) is 7.30. The minimum atomic E-state index is -0.876. The lowest BCUT2D eigenvalue weighted by Crippen LogP contribution is -2.19. The van der Waals surface area contributed by atoms with Gasteiger partial charge in [-0.15, -0.1) is 0 Å². The Bertz CT molecular complexity index is 286. The highest BCUT2D eigenvalue weighted by atomic mass is 32.1. The van der Waals surface area contributed by atoms with Gasteiger partial charge < -0.3 is 14.9 Å². The lowest BCUT2D eigenvalue weighted by Gasteiger charge is -2.16. The van der Waals surface area contributed by atoms with Gasteiger partial charge in [-0.1, -0.05) is 24.3 Å². The normalized spacial score (nSPS) is 14.9. The lowest BCUT2D eigenvalue weighted by atomic mass is 10.0. The largest absolute Gasteiger partial charge is 0.389 e. The van der Waals surface area contributed by atoms with Crippen molar-refractivity contribution >= 4 is 12.6 Å². The van der Waals surface area contributed by atoms with Gasteiger partial charge in [0.25, 0.3) is 0 Å². The second-order valence-electron chi connectivity index (χ2n) is 3.37. The first-order valence-corrected chi connectivity index (χ1v) is 5.37. The molecule has 0 aliphatic heterocycles. The summed E-state index contributed by atoms with van der Waals surface area (Å²) in [6.07, 6.45) is -1.71. The van der Waals surface area contributed by atoms with Crippen LogP contribution in [0.4, 0.5) is 0 Å². The molecule has 0 aliphatic rings. The van der Waals surface area contributed by atoms with Gasteiger partial charge in [-0.05, 0) is 11.1 Å². The molecular formula is C11H16O3S. The van der Waals surface area contributed by atoms with Gasteiger partial charge in [0.05, 0.1) is 12.7 Å². The first-order valence-electron chi connectivity index (χ1n) is 4.73. The molecule has 15 heavy (non-hydrogen) atoms. The summed E-state index contributed by atoms with van der Waals surface area (Å²) >= 11 is 3.93. The maximum atomic E-state index is 9.68.